The van der Waals surface area contributed by atoms with Gasteiger partial charge in [0.15, 0.2) is 0 Å². The highest BCUT2D eigenvalue weighted by molar-refractivity contribution is 6.04. The first-order valence-corrected chi connectivity index (χ1v) is 11.0. The van der Waals surface area contributed by atoms with Crippen LogP contribution in [0.15, 0.2) is 58.1 Å². The highest BCUT2D eigenvalue weighted by Crippen LogP contribution is 2.19. The lowest BCUT2D eigenvalue weighted by molar-refractivity contribution is -0.137. The minimum Gasteiger partial charge on any atom is -0.480 e. The normalized spacial score (nSPS) is 11.5. The molecule has 2 amide bonds. The van der Waals surface area contributed by atoms with Crippen molar-refractivity contribution in [2.45, 2.75) is 32.7 Å². The SMILES string of the molecule is CCCNc1c(NC(Cc2ccc(NC(=O)c3ccc(NC(C)=O)cc3)cc2)C(=O)O)c(=O)c1=O. The summed E-state index contributed by atoms with van der Waals surface area (Å²) in [5.41, 5.74) is 0.863. The number of carbonyl (C=O) groups is 3. The third kappa shape index (κ3) is 6.32. The summed E-state index contributed by atoms with van der Waals surface area (Å²) < 4.78 is 0. The number of nitrogens with one attached hydrogen (secondary N) is 4. The lowest BCUT2D eigenvalue weighted by atomic mass is 10.0. The molecule has 3 aromatic rings. The van der Waals surface area contributed by atoms with Crippen molar-refractivity contribution >= 4 is 40.5 Å². The zero-order valence-corrected chi connectivity index (χ0v) is 19.3. The molecule has 10 nitrogen and oxygen atoms in total. The number of carboxylic acid groups (broad SMARTS) is 1. The molecule has 0 saturated heterocycles. The lowest BCUT2D eigenvalue weighted by Crippen LogP contribution is -2.42. The van der Waals surface area contributed by atoms with Crippen molar-refractivity contribution < 1.29 is 19.5 Å². The fourth-order valence-corrected chi connectivity index (χ4v) is 3.39. The van der Waals surface area contributed by atoms with E-state index in [0.717, 1.165) is 6.42 Å². The van der Waals surface area contributed by atoms with Gasteiger partial charge in [0.2, 0.25) is 5.91 Å². The summed E-state index contributed by atoms with van der Waals surface area (Å²) in [4.78, 5) is 59.0. The van der Waals surface area contributed by atoms with Crippen LogP contribution in [0.4, 0.5) is 22.7 Å². The highest BCUT2D eigenvalue weighted by atomic mass is 16.4. The van der Waals surface area contributed by atoms with Crippen LogP contribution in [0.25, 0.3) is 0 Å². The van der Waals surface area contributed by atoms with E-state index in [1.54, 1.807) is 48.5 Å². The Labute approximate surface area is 201 Å². The van der Waals surface area contributed by atoms with Crippen molar-refractivity contribution in [3.8, 4) is 0 Å². The Morgan fingerprint density at radius 2 is 1.43 bits per heavy atom. The smallest absolute Gasteiger partial charge is 0.326 e. The molecule has 35 heavy (non-hydrogen) atoms. The van der Waals surface area contributed by atoms with Gasteiger partial charge >= 0.3 is 5.97 Å². The number of anilines is 4. The van der Waals surface area contributed by atoms with Gasteiger partial charge in [0, 0.05) is 36.8 Å². The Bertz CT molecular complexity index is 1290. The van der Waals surface area contributed by atoms with Crippen LogP contribution in [0.1, 0.15) is 36.2 Å². The molecule has 0 aliphatic heterocycles. The molecule has 182 valence electrons. The number of rotatable bonds is 11. The zero-order valence-electron chi connectivity index (χ0n) is 19.3. The molecule has 5 N–H and O–H groups in total. The summed E-state index contributed by atoms with van der Waals surface area (Å²) >= 11 is 0. The lowest BCUT2D eigenvalue weighted by Gasteiger charge is -2.20. The van der Waals surface area contributed by atoms with E-state index in [1.807, 2.05) is 6.92 Å². The Kier molecular flexibility index (Phi) is 7.98. The Hall–Kier alpha value is -4.47. The maximum atomic E-state index is 12.5. The number of hydrogen-bond donors (Lipinski definition) is 5. The minimum absolute atomic E-state index is 0.00995. The van der Waals surface area contributed by atoms with Gasteiger partial charge < -0.3 is 26.4 Å². The van der Waals surface area contributed by atoms with Gasteiger partial charge in [-0.25, -0.2) is 4.79 Å². The van der Waals surface area contributed by atoms with Gasteiger partial charge in [-0.05, 0) is 48.4 Å². The molecule has 3 rings (SSSR count). The van der Waals surface area contributed by atoms with Crippen LogP contribution in [-0.4, -0.2) is 35.5 Å². The summed E-state index contributed by atoms with van der Waals surface area (Å²) in [6.45, 7) is 3.79. The number of amides is 2. The van der Waals surface area contributed by atoms with Gasteiger partial charge in [-0.3, -0.25) is 19.2 Å². The molecule has 10 heteroatoms. The molecule has 0 heterocycles. The van der Waals surface area contributed by atoms with E-state index in [-0.39, 0.29) is 29.6 Å². The Morgan fingerprint density at radius 3 is 2.00 bits per heavy atom. The fraction of sp³-hybridized carbons (Fsp3) is 0.240. The number of benzene rings is 2. The minimum atomic E-state index is -1.17. The van der Waals surface area contributed by atoms with E-state index in [2.05, 4.69) is 21.3 Å². The van der Waals surface area contributed by atoms with E-state index < -0.39 is 22.9 Å². The summed E-state index contributed by atoms with van der Waals surface area (Å²) in [5, 5.41) is 20.5. The van der Waals surface area contributed by atoms with Gasteiger partial charge in [-0.2, -0.15) is 0 Å². The average Bonchev–Trinajstić information content (AvgIpc) is 2.83. The van der Waals surface area contributed by atoms with Gasteiger partial charge in [-0.1, -0.05) is 19.1 Å². The van der Waals surface area contributed by atoms with E-state index in [9.17, 15) is 29.1 Å². The van der Waals surface area contributed by atoms with Crippen LogP contribution in [0.2, 0.25) is 0 Å². The van der Waals surface area contributed by atoms with Gasteiger partial charge in [0.1, 0.15) is 17.4 Å². The van der Waals surface area contributed by atoms with E-state index in [4.69, 9.17) is 0 Å². The van der Waals surface area contributed by atoms with Crippen molar-refractivity contribution in [1.29, 1.82) is 0 Å². The Balaban J connectivity index is 1.63. The molecule has 0 radical (unpaired) electrons. The van der Waals surface area contributed by atoms with Crippen LogP contribution >= 0.6 is 0 Å². The van der Waals surface area contributed by atoms with E-state index in [0.29, 0.717) is 29.0 Å². The molecule has 0 aliphatic rings. The van der Waals surface area contributed by atoms with E-state index in [1.165, 1.54) is 6.92 Å². The largest absolute Gasteiger partial charge is 0.480 e. The summed E-state index contributed by atoms with van der Waals surface area (Å²) in [6.07, 6.45) is 0.798. The van der Waals surface area contributed by atoms with Crippen LogP contribution in [0.3, 0.4) is 0 Å². The van der Waals surface area contributed by atoms with Gasteiger partial charge in [0.25, 0.3) is 16.8 Å². The van der Waals surface area contributed by atoms with Gasteiger partial charge in [-0.15, -0.1) is 0 Å². The topological polar surface area (TPSA) is 154 Å². The molecule has 0 fully saturated rings. The molecule has 0 aliphatic carbocycles. The van der Waals surface area contributed by atoms with Crippen LogP contribution in [0.5, 0.6) is 0 Å². The molecular weight excluding hydrogens is 452 g/mol. The predicted octanol–water partition coefficient (Wildman–Crippen LogP) is 2.42. The van der Waals surface area contributed by atoms with E-state index >= 15 is 0 Å². The fourth-order valence-electron chi connectivity index (χ4n) is 3.39. The molecule has 0 aromatic heterocycles. The standard InChI is InChI=1S/C25H26N4O6/c1-3-12-26-20-21(23(32)22(20)31)29-19(25(34)35)13-15-4-8-18(9-5-15)28-24(33)16-6-10-17(11-7-16)27-14(2)30/h4-11,19,26,29H,3,12-13H2,1-2H3,(H,27,30)(H,28,33)(H,34,35). The molecule has 3 aromatic carbocycles. The monoisotopic (exact) mass is 478 g/mol. The summed E-state index contributed by atoms with van der Waals surface area (Å²) in [7, 11) is 0. The van der Waals surface area contributed by atoms with Gasteiger partial charge in [0.05, 0.1) is 0 Å². The number of carboxylic acids is 1. The molecule has 1 atom stereocenters. The number of aliphatic carboxylic acids is 1. The summed E-state index contributed by atoms with van der Waals surface area (Å²) in [5.74, 6) is -1.72. The molecule has 1 unspecified atom stereocenters. The maximum absolute atomic E-state index is 12.5. The van der Waals surface area contributed by atoms with Crippen LogP contribution < -0.4 is 32.1 Å². The average molecular weight is 479 g/mol. The Morgan fingerprint density at radius 1 is 0.857 bits per heavy atom. The number of hydrogen-bond acceptors (Lipinski definition) is 7. The third-order valence-electron chi connectivity index (χ3n) is 5.20. The van der Waals surface area contributed by atoms with Crippen LogP contribution in [-0.2, 0) is 16.0 Å². The summed E-state index contributed by atoms with van der Waals surface area (Å²) in [6, 6.07) is 11.9. The molecule has 0 saturated carbocycles. The maximum Gasteiger partial charge on any atom is 0.326 e. The quantitative estimate of drug-likeness (QED) is 0.263. The van der Waals surface area contributed by atoms with Crippen molar-refractivity contribution in [2.24, 2.45) is 0 Å². The highest BCUT2D eigenvalue weighted by Gasteiger charge is 2.26. The second kappa shape index (κ2) is 11.1. The first-order chi connectivity index (χ1) is 16.7. The molecule has 0 spiro atoms. The van der Waals surface area contributed by atoms with Crippen molar-refractivity contribution in [1.82, 2.24) is 0 Å². The number of carbonyl (C=O) groups excluding carboxylic acids is 2. The van der Waals surface area contributed by atoms with Crippen molar-refractivity contribution in [3.63, 3.8) is 0 Å². The zero-order chi connectivity index (χ0) is 25.5. The predicted molar refractivity (Wildman–Crippen MR) is 134 cm³/mol. The van der Waals surface area contributed by atoms with Crippen molar-refractivity contribution in [3.05, 3.63) is 80.1 Å². The van der Waals surface area contributed by atoms with Crippen LogP contribution in [0, 0.1) is 0 Å². The third-order valence-corrected chi connectivity index (χ3v) is 5.20. The first kappa shape index (κ1) is 25.2. The van der Waals surface area contributed by atoms with Crippen molar-refractivity contribution in [2.75, 3.05) is 27.8 Å². The molecular formula is C25H26N4O6. The second-order valence-corrected chi connectivity index (χ2v) is 7.98. The molecule has 0 bridgehead atoms. The second-order valence-electron chi connectivity index (χ2n) is 7.98. The first-order valence-electron chi connectivity index (χ1n) is 11.0.